The van der Waals surface area contributed by atoms with Crippen molar-refractivity contribution in [2.45, 2.75) is 64.7 Å². The second kappa shape index (κ2) is 12.5. The van der Waals surface area contributed by atoms with Crippen LogP contribution in [0.2, 0.25) is 0 Å². The van der Waals surface area contributed by atoms with Gasteiger partial charge in [0.05, 0.1) is 0 Å². The summed E-state index contributed by atoms with van der Waals surface area (Å²) in [6, 6.07) is 0. The van der Waals surface area contributed by atoms with Gasteiger partial charge in [-0.25, -0.2) is 0 Å². The molecule has 0 heterocycles. The van der Waals surface area contributed by atoms with Crippen molar-refractivity contribution in [3.05, 3.63) is 24.8 Å². The van der Waals surface area contributed by atoms with E-state index in [4.69, 9.17) is 0 Å². The Morgan fingerprint density at radius 2 is 1.71 bits per heavy atom. The van der Waals surface area contributed by atoms with Gasteiger partial charge in [0, 0.05) is 0 Å². The molecule has 0 bridgehead atoms. The number of unbranched alkanes of at least 4 members (excludes halogenated alkanes) is 4. The van der Waals surface area contributed by atoms with Crippen molar-refractivity contribution in [1.29, 1.82) is 0 Å². The van der Waals surface area contributed by atoms with E-state index < -0.39 is 0 Å². The smallest absolute Gasteiger partial charge is 0.0351 e. The van der Waals surface area contributed by atoms with Crippen LogP contribution in [0, 0.1) is 0 Å². The Balaban J connectivity index is 0.000000249. The second-order valence-electron chi connectivity index (χ2n) is 3.89. The van der Waals surface area contributed by atoms with E-state index in [0.717, 1.165) is 0 Å². The summed E-state index contributed by atoms with van der Waals surface area (Å²) in [6.45, 7) is 5.89. The van der Waals surface area contributed by atoms with E-state index in [9.17, 15) is 0 Å². The van der Waals surface area contributed by atoms with Crippen molar-refractivity contribution >= 4 is 0 Å². The summed E-state index contributed by atoms with van der Waals surface area (Å²) in [5, 5.41) is 0. The molecule has 1 aliphatic carbocycles. The topological polar surface area (TPSA) is 0 Å². The van der Waals surface area contributed by atoms with Gasteiger partial charge in [-0.3, -0.25) is 0 Å². The van der Waals surface area contributed by atoms with Crippen LogP contribution in [-0.2, 0) is 0 Å². The zero-order chi connectivity index (χ0) is 10.5. The molecule has 0 spiro atoms. The summed E-state index contributed by atoms with van der Waals surface area (Å²) in [7, 11) is 0. The SMILES string of the molecule is C1=CCCCC1.C=CCCCCCC. The monoisotopic (exact) mass is 194 g/mol. The summed E-state index contributed by atoms with van der Waals surface area (Å²) < 4.78 is 0. The maximum Gasteiger partial charge on any atom is -0.0351 e. The molecule has 0 atom stereocenters. The minimum atomic E-state index is 1.19. The quantitative estimate of drug-likeness (QED) is 0.413. The third kappa shape index (κ3) is 11.5. The van der Waals surface area contributed by atoms with E-state index in [-0.39, 0.29) is 0 Å². The molecule has 0 saturated carbocycles. The van der Waals surface area contributed by atoms with Crippen LogP contribution in [0.3, 0.4) is 0 Å². The van der Waals surface area contributed by atoms with E-state index in [1.807, 2.05) is 6.08 Å². The molecule has 0 aromatic rings. The van der Waals surface area contributed by atoms with E-state index in [2.05, 4.69) is 25.7 Å². The summed E-state index contributed by atoms with van der Waals surface area (Å²) in [5.41, 5.74) is 0. The number of rotatable bonds is 5. The van der Waals surface area contributed by atoms with Gasteiger partial charge in [-0.15, -0.1) is 6.58 Å². The highest BCUT2D eigenvalue weighted by molar-refractivity contribution is 4.85. The Labute approximate surface area is 90.1 Å². The highest BCUT2D eigenvalue weighted by atomic mass is 13.9. The van der Waals surface area contributed by atoms with Crippen LogP contribution >= 0.6 is 0 Å². The van der Waals surface area contributed by atoms with Gasteiger partial charge in [0.15, 0.2) is 0 Å². The van der Waals surface area contributed by atoms with Crippen molar-refractivity contribution in [1.82, 2.24) is 0 Å². The van der Waals surface area contributed by atoms with Crippen LogP contribution in [0.1, 0.15) is 64.7 Å². The van der Waals surface area contributed by atoms with Gasteiger partial charge in [-0.1, -0.05) is 44.4 Å². The van der Waals surface area contributed by atoms with Gasteiger partial charge in [-0.05, 0) is 38.5 Å². The summed E-state index contributed by atoms with van der Waals surface area (Å²) in [4.78, 5) is 0. The average molecular weight is 194 g/mol. The Morgan fingerprint density at radius 3 is 2.07 bits per heavy atom. The molecule has 0 fully saturated rings. The fourth-order valence-corrected chi connectivity index (χ4v) is 1.48. The van der Waals surface area contributed by atoms with Gasteiger partial charge < -0.3 is 0 Å². The van der Waals surface area contributed by atoms with Gasteiger partial charge in [-0.2, -0.15) is 0 Å². The molecule has 0 aromatic heterocycles. The maximum atomic E-state index is 3.66. The molecule has 0 unspecified atom stereocenters. The van der Waals surface area contributed by atoms with Crippen LogP contribution in [0.25, 0.3) is 0 Å². The first kappa shape index (κ1) is 13.5. The highest BCUT2D eigenvalue weighted by Crippen LogP contribution is 2.07. The predicted molar refractivity (Wildman–Crippen MR) is 66.6 cm³/mol. The maximum absolute atomic E-state index is 3.66. The number of allylic oxidation sites excluding steroid dienone is 3. The first-order valence-electron chi connectivity index (χ1n) is 6.17. The summed E-state index contributed by atoms with van der Waals surface area (Å²) in [6.07, 6.45) is 18.6. The predicted octanol–water partition coefficient (Wildman–Crippen LogP) is 5.26. The highest BCUT2D eigenvalue weighted by Gasteiger charge is 1.87. The fraction of sp³-hybridized carbons (Fsp3) is 0.714. The first-order valence-corrected chi connectivity index (χ1v) is 6.17. The van der Waals surface area contributed by atoms with Crippen LogP contribution in [0.4, 0.5) is 0 Å². The molecule has 0 aromatic carbocycles. The van der Waals surface area contributed by atoms with Crippen molar-refractivity contribution in [2.75, 3.05) is 0 Å². The zero-order valence-corrected chi connectivity index (χ0v) is 9.80. The molecular formula is C14H26. The molecule has 0 N–H and O–H groups in total. The molecule has 0 radical (unpaired) electrons. The Bertz CT molecular complexity index is 125. The molecule has 0 amide bonds. The van der Waals surface area contributed by atoms with Gasteiger partial charge in [0.25, 0.3) is 0 Å². The molecule has 14 heavy (non-hydrogen) atoms. The lowest BCUT2D eigenvalue weighted by atomic mass is 10.1. The van der Waals surface area contributed by atoms with Crippen molar-refractivity contribution < 1.29 is 0 Å². The summed E-state index contributed by atoms with van der Waals surface area (Å²) in [5.74, 6) is 0. The second-order valence-corrected chi connectivity index (χ2v) is 3.89. The number of hydrogen-bond acceptors (Lipinski definition) is 0. The first-order chi connectivity index (χ1) is 6.91. The number of hydrogen-bond donors (Lipinski definition) is 0. The van der Waals surface area contributed by atoms with Crippen LogP contribution < -0.4 is 0 Å². The molecule has 0 nitrogen and oxygen atoms in total. The molecule has 1 aliphatic rings. The van der Waals surface area contributed by atoms with Crippen LogP contribution in [0.15, 0.2) is 24.8 Å². The molecule has 82 valence electrons. The summed E-state index contributed by atoms with van der Waals surface area (Å²) >= 11 is 0. The van der Waals surface area contributed by atoms with Crippen molar-refractivity contribution in [3.63, 3.8) is 0 Å². The lowest BCUT2D eigenvalue weighted by Crippen LogP contribution is -1.77. The normalized spacial score (nSPS) is 14.4. The van der Waals surface area contributed by atoms with E-state index in [1.54, 1.807) is 0 Å². The van der Waals surface area contributed by atoms with Crippen molar-refractivity contribution in [2.24, 2.45) is 0 Å². The lowest BCUT2D eigenvalue weighted by molar-refractivity contribution is 0.675. The molecule has 0 heteroatoms. The van der Waals surface area contributed by atoms with Crippen LogP contribution in [0.5, 0.6) is 0 Å². The Kier molecular flexibility index (Phi) is 12.0. The standard InChI is InChI=1S/C8H16.C6H10/c1-3-5-7-8-6-4-2;1-2-4-6-5-3-1/h3H,1,4-8H2,2H3;1-2H,3-6H2. The largest absolute Gasteiger partial charge is 0.103 e. The Morgan fingerprint density at radius 1 is 1.07 bits per heavy atom. The minimum Gasteiger partial charge on any atom is -0.103 e. The van der Waals surface area contributed by atoms with Crippen LogP contribution in [-0.4, -0.2) is 0 Å². The molecule has 1 rings (SSSR count). The minimum absolute atomic E-state index is 1.19. The van der Waals surface area contributed by atoms with Gasteiger partial charge in [0.2, 0.25) is 0 Å². The molecule has 0 saturated heterocycles. The average Bonchev–Trinajstić information content (AvgIpc) is 2.28. The lowest BCUT2D eigenvalue weighted by Gasteiger charge is -1.97. The molecule has 0 aliphatic heterocycles. The third-order valence-corrected chi connectivity index (χ3v) is 2.42. The Hall–Kier alpha value is -0.520. The van der Waals surface area contributed by atoms with Crippen molar-refractivity contribution in [3.8, 4) is 0 Å². The third-order valence-electron chi connectivity index (χ3n) is 2.42. The fourth-order valence-electron chi connectivity index (χ4n) is 1.48. The van der Waals surface area contributed by atoms with E-state index in [0.29, 0.717) is 0 Å². The molecular weight excluding hydrogens is 168 g/mol. The zero-order valence-electron chi connectivity index (χ0n) is 9.80. The van der Waals surface area contributed by atoms with E-state index in [1.165, 1.54) is 57.8 Å². The van der Waals surface area contributed by atoms with E-state index >= 15 is 0 Å². The van der Waals surface area contributed by atoms with Gasteiger partial charge >= 0.3 is 0 Å². The van der Waals surface area contributed by atoms with Gasteiger partial charge in [0.1, 0.15) is 0 Å².